The minimum Gasteiger partial charge on any atom is -0.495 e. The Labute approximate surface area is 102 Å². The van der Waals surface area contributed by atoms with Gasteiger partial charge in [0.1, 0.15) is 5.75 Å². The van der Waals surface area contributed by atoms with Crippen LogP contribution in [0.15, 0.2) is 24.3 Å². The van der Waals surface area contributed by atoms with Crippen molar-refractivity contribution in [3.8, 4) is 5.75 Å². The molecule has 0 heterocycles. The molecule has 1 rings (SSSR count). The van der Waals surface area contributed by atoms with Crippen LogP contribution < -0.4 is 15.8 Å². The fraction of sp³-hybridized carbons (Fsp3) is 0.462. The van der Waals surface area contributed by atoms with E-state index in [0.29, 0.717) is 23.8 Å². The molecule has 0 aromatic heterocycles. The number of carbonyl (C=O) groups excluding carboxylic acids is 1. The summed E-state index contributed by atoms with van der Waals surface area (Å²) in [5.41, 5.74) is 6.46. The molecule has 0 bridgehead atoms. The highest BCUT2D eigenvalue weighted by atomic mass is 16.5. The Bertz CT molecular complexity index is 377. The van der Waals surface area contributed by atoms with Crippen LogP contribution >= 0.6 is 0 Å². The van der Waals surface area contributed by atoms with E-state index in [1.54, 1.807) is 19.2 Å². The van der Waals surface area contributed by atoms with Crippen molar-refractivity contribution in [3.05, 3.63) is 24.3 Å². The largest absolute Gasteiger partial charge is 0.495 e. The van der Waals surface area contributed by atoms with E-state index in [2.05, 4.69) is 5.32 Å². The summed E-state index contributed by atoms with van der Waals surface area (Å²) in [7, 11) is 1.57. The number of anilines is 1. The second-order valence-corrected chi connectivity index (χ2v) is 4.43. The third-order valence-corrected chi connectivity index (χ3v) is 2.43. The van der Waals surface area contributed by atoms with Crippen LogP contribution in [0.1, 0.15) is 20.3 Å². The first-order chi connectivity index (χ1) is 8.04. The molecule has 4 nitrogen and oxygen atoms in total. The molecule has 0 saturated carbocycles. The lowest BCUT2D eigenvalue weighted by atomic mass is 10.0. The van der Waals surface area contributed by atoms with Crippen molar-refractivity contribution in [3.63, 3.8) is 0 Å². The lowest BCUT2D eigenvalue weighted by Crippen LogP contribution is -2.36. The van der Waals surface area contributed by atoms with Crippen LogP contribution in [0.5, 0.6) is 5.75 Å². The number of methoxy groups -OCH3 is 1. The molecule has 1 amide bonds. The number of rotatable bonds is 5. The van der Waals surface area contributed by atoms with Crippen LogP contribution in [-0.4, -0.2) is 19.1 Å². The van der Waals surface area contributed by atoms with E-state index in [4.69, 9.17) is 10.5 Å². The maximum absolute atomic E-state index is 11.8. The molecule has 1 atom stereocenters. The van der Waals surface area contributed by atoms with Gasteiger partial charge in [0, 0.05) is 0 Å². The SMILES string of the molecule is COc1ccccc1NC(=O)[C@@H](N)CC(C)C. The van der Waals surface area contributed by atoms with Crippen molar-refractivity contribution in [2.75, 3.05) is 12.4 Å². The van der Waals surface area contributed by atoms with E-state index in [9.17, 15) is 4.79 Å². The van der Waals surface area contributed by atoms with Gasteiger partial charge in [0.15, 0.2) is 0 Å². The lowest BCUT2D eigenvalue weighted by Gasteiger charge is -2.15. The quantitative estimate of drug-likeness (QED) is 0.822. The number of hydrogen-bond donors (Lipinski definition) is 2. The first-order valence-electron chi connectivity index (χ1n) is 5.74. The van der Waals surface area contributed by atoms with Gasteiger partial charge in [-0.3, -0.25) is 4.79 Å². The van der Waals surface area contributed by atoms with Gasteiger partial charge in [-0.05, 0) is 24.5 Å². The molecular weight excluding hydrogens is 216 g/mol. The van der Waals surface area contributed by atoms with Crippen LogP contribution in [0.3, 0.4) is 0 Å². The molecule has 3 N–H and O–H groups in total. The molecule has 0 radical (unpaired) electrons. The molecule has 0 aliphatic heterocycles. The molecule has 0 saturated heterocycles. The number of amides is 1. The van der Waals surface area contributed by atoms with Crippen molar-refractivity contribution >= 4 is 11.6 Å². The lowest BCUT2D eigenvalue weighted by molar-refractivity contribution is -0.117. The zero-order chi connectivity index (χ0) is 12.8. The molecule has 0 aliphatic rings. The Kier molecular flexibility index (Phi) is 4.97. The Balaban J connectivity index is 2.67. The van der Waals surface area contributed by atoms with Crippen molar-refractivity contribution in [1.29, 1.82) is 0 Å². The summed E-state index contributed by atoms with van der Waals surface area (Å²) in [4.78, 5) is 11.8. The van der Waals surface area contributed by atoms with Crippen molar-refractivity contribution in [1.82, 2.24) is 0 Å². The van der Waals surface area contributed by atoms with Crippen LogP contribution in [0.25, 0.3) is 0 Å². The number of ether oxygens (including phenoxy) is 1. The van der Waals surface area contributed by atoms with E-state index >= 15 is 0 Å². The van der Waals surface area contributed by atoms with Gasteiger partial charge in [0.2, 0.25) is 5.91 Å². The van der Waals surface area contributed by atoms with E-state index < -0.39 is 6.04 Å². The zero-order valence-electron chi connectivity index (χ0n) is 10.6. The van der Waals surface area contributed by atoms with Crippen LogP contribution in [0, 0.1) is 5.92 Å². The Morgan fingerprint density at radius 2 is 2.06 bits per heavy atom. The number of nitrogens with two attached hydrogens (primary N) is 1. The average Bonchev–Trinajstić information content (AvgIpc) is 2.28. The first-order valence-corrected chi connectivity index (χ1v) is 5.74. The van der Waals surface area contributed by atoms with Crippen LogP contribution in [-0.2, 0) is 4.79 Å². The van der Waals surface area contributed by atoms with Gasteiger partial charge < -0.3 is 15.8 Å². The highest BCUT2D eigenvalue weighted by molar-refractivity contribution is 5.95. The third-order valence-electron chi connectivity index (χ3n) is 2.43. The van der Waals surface area contributed by atoms with Crippen molar-refractivity contribution in [2.24, 2.45) is 11.7 Å². The number of benzene rings is 1. The molecule has 0 fully saturated rings. The average molecular weight is 236 g/mol. The second-order valence-electron chi connectivity index (χ2n) is 4.43. The molecule has 1 aromatic carbocycles. The molecule has 17 heavy (non-hydrogen) atoms. The Morgan fingerprint density at radius 1 is 1.41 bits per heavy atom. The minimum atomic E-state index is -0.486. The topological polar surface area (TPSA) is 64.3 Å². The van der Waals surface area contributed by atoms with Gasteiger partial charge in [-0.1, -0.05) is 26.0 Å². The summed E-state index contributed by atoms with van der Waals surface area (Å²) in [5, 5.41) is 2.78. The highest BCUT2D eigenvalue weighted by Crippen LogP contribution is 2.23. The summed E-state index contributed by atoms with van der Waals surface area (Å²) < 4.78 is 5.15. The molecular formula is C13H20N2O2. The summed E-state index contributed by atoms with van der Waals surface area (Å²) >= 11 is 0. The molecule has 0 aliphatic carbocycles. The third kappa shape index (κ3) is 4.07. The first kappa shape index (κ1) is 13.5. The number of hydrogen-bond acceptors (Lipinski definition) is 3. The predicted octanol–water partition coefficient (Wildman–Crippen LogP) is 2.01. The normalized spacial score (nSPS) is 12.3. The van der Waals surface area contributed by atoms with E-state index in [1.165, 1.54) is 0 Å². The second kappa shape index (κ2) is 6.25. The van der Waals surface area contributed by atoms with Crippen molar-refractivity contribution < 1.29 is 9.53 Å². The summed E-state index contributed by atoms with van der Waals surface area (Å²) in [6.45, 7) is 4.08. The van der Waals surface area contributed by atoms with E-state index in [1.807, 2.05) is 26.0 Å². The maximum atomic E-state index is 11.8. The number of carbonyl (C=O) groups is 1. The van der Waals surface area contributed by atoms with Crippen molar-refractivity contribution in [2.45, 2.75) is 26.3 Å². The molecule has 0 unspecified atom stereocenters. The van der Waals surface area contributed by atoms with E-state index in [0.717, 1.165) is 0 Å². The number of para-hydroxylation sites is 2. The Hall–Kier alpha value is -1.55. The van der Waals surface area contributed by atoms with Gasteiger partial charge in [-0.2, -0.15) is 0 Å². The molecule has 0 spiro atoms. The highest BCUT2D eigenvalue weighted by Gasteiger charge is 2.16. The fourth-order valence-corrected chi connectivity index (χ4v) is 1.59. The van der Waals surface area contributed by atoms with Crippen LogP contribution in [0.2, 0.25) is 0 Å². The minimum absolute atomic E-state index is 0.178. The van der Waals surface area contributed by atoms with Crippen LogP contribution in [0.4, 0.5) is 5.69 Å². The molecule has 94 valence electrons. The maximum Gasteiger partial charge on any atom is 0.241 e. The molecule has 4 heteroatoms. The zero-order valence-corrected chi connectivity index (χ0v) is 10.6. The molecule has 1 aromatic rings. The van der Waals surface area contributed by atoms with Gasteiger partial charge in [-0.25, -0.2) is 0 Å². The summed E-state index contributed by atoms with van der Waals surface area (Å²) in [6, 6.07) is 6.79. The van der Waals surface area contributed by atoms with Gasteiger partial charge >= 0.3 is 0 Å². The Morgan fingerprint density at radius 3 is 2.65 bits per heavy atom. The van der Waals surface area contributed by atoms with Gasteiger partial charge in [0.05, 0.1) is 18.8 Å². The smallest absolute Gasteiger partial charge is 0.241 e. The summed E-state index contributed by atoms with van der Waals surface area (Å²) in [6.07, 6.45) is 0.668. The number of nitrogens with one attached hydrogen (secondary N) is 1. The monoisotopic (exact) mass is 236 g/mol. The summed E-state index contributed by atoms with van der Waals surface area (Å²) in [5.74, 6) is 0.856. The predicted molar refractivity (Wildman–Crippen MR) is 69.1 cm³/mol. The standard InChI is InChI=1S/C13H20N2O2/c1-9(2)8-10(14)13(16)15-11-6-4-5-7-12(11)17-3/h4-7,9-10H,8,14H2,1-3H3,(H,15,16)/t10-/m0/s1. The van der Waals surface area contributed by atoms with Gasteiger partial charge in [-0.15, -0.1) is 0 Å². The van der Waals surface area contributed by atoms with Gasteiger partial charge in [0.25, 0.3) is 0 Å². The van der Waals surface area contributed by atoms with E-state index in [-0.39, 0.29) is 5.91 Å². The fourth-order valence-electron chi connectivity index (χ4n) is 1.59.